The van der Waals surface area contributed by atoms with Gasteiger partial charge in [0.15, 0.2) is 5.78 Å². The van der Waals surface area contributed by atoms with Crippen molar-refractivity contribution in [3.63, 3.8) is 0 Å². The molecule has 1 aromatic carbocycles. The molecule has 0 bridgehead atoms. The average molecular weight is 360 g/mol. The smallest absolute Gasteiger partial charge is 0.335 e. The molecule has 1 atom stereocenters. The van der Waals surface area contributed by atoms with Crippen molar-refractivity contribution in [1.82, 2.24) is 0 Å². The second-order valence-electron chi connectivity index (χ2n) is 5.44. The van der Waals surface area contributed by atoms with Crippen molar-refractivity contribution < 1.29 is 44.4 Å². The van der Waals surface area contributed by atoms with Gasteiger partial charge in [0.2, 0.25) is 5.41 Å². The van der Waals surface area contributed by atoms with Crippen molar-refractivity contribution in [2.75, 3.05) is 0 Å². The first kappa shape index (κ1) is 18.6. The Kier molecular flexibility index (Phi) is 4.74. The summed E-state index contributed by atoms with van der Waals surface area (Å²) < 4.78 is 0. The van der Waals surface area contributed by atoms with Crippen LogP contribution in [0.2, 0.25) is 0 Å². The molecule has 0 aliphatic heterocycles. The lowest BCUT2D eigenvalue weighted by Gasteiger charge is -2.26. The fraction of sp³-hybridized carbons (Fsp3) is 0.118. The molecule has 0 heterocycles. The van der Waals surface area contributed by atoms with Gasteiger partial charge in [-0.05, 0) is 12.1 Å². The normalized spacial score (nSPS) is 17.8. The molecule has 0 saturated carbocycles. The topological polar surface area (TPSA) is 166 Å². The quantitative estimate of drug-likeness (QED) is 0.327. The van der Waals surface area contributed by atoms with Gasteiger partial charge >= 0.3 is 23.9 Å². The Hall–Kier alpha value is -3.75. The van der Waals surface area contributed by atoms with E-state index >= 15 is 0 Å². The number of carbonyl (C=O) groups excluding carboxylic acids is 1. The molecule has 1 unspecified atom stereocenters. The van der Waals surface area contributed by atoms with Gasteiger partial charge in [0.25, 0.3) is 0 Å². The Morgan fingerprint density at radius 2 is 1.42 bits per heavy atom. The van der Waals surface area contributed by atoms with Crippen LogP contribution >= 0.6 is 0 Å². The number of allylic oxidation sites excluding steroid dienone is 2. The maximum Gasteiger partial charge on any atom is 0.335 e. The van der Waals surface area contributed by atoms with E-state index in [4.69, 9.17) is 5.11 Å². The van der Waals surface area contributed by atoms with Crippen molar-refractivity contribution in [3.8, 4) is 0 Å². The van der Waals surface area contributed by atoms with Gasteiger partial charge in [-0.25, -0.2) is 9.59 Å². The predicted octanol–water partition coefficient (Wildman–Crippen LogP) is 0.920. The Bertz CT molecular complexity index is 877. The van der Waals surface area contributed by atoms with Crippen molar-refractivity contribution >= 4 is 29.7 Å². The summed E-state index contributed by atoms with van der Waals surface area (Å²) >= 11 is 0. The molecule has 0 aromatic heterocycles. The van der Waals surface area contributed by atoms with Gasteiger partial charge < -0.3 is 20.4 Å². The Morgan fingerprint density at radius 3 is 1.92 bits per heavy atom. The fourth-order valence-corrected chi connectivity index (χ4v) is 2.57. The van der Waals surface area contributed by atoms with E-state index in [1.54, 1.807) is 0 Å². The number of aromatic carboxylic acids is 1. The molecule has 0 radical (unpaired) electrons. The van der Waals surface area contributed by atoms with Crippen LogP contribution in [-0.2, 0) is 14.4 Å². The lowest BCUT2D eigenvalue weighted by atomic mass is 9.73. The molecule has 0 spiro atoms. The molecule has 26 heavy (non-hydrogen) atoms. The third-order valence-electron chi connectivity index (χ3n) is 3.93. The van der Waals surface area contributed by atoms with Gasteiger partial charge in [-0.15, -0.1) is 0 Å². The van der Waals surface area contributed by atoms with Crippen LogP contribution in [0.1, 0.15) is 20.7 Å². The number of hydrogen-bond acceptors (Lipinski definition) is 5. The number of carbonyl (C=O) groups is 5. The van der Waals surface area contributed by atoms with Crippen LogP contribution in [0.4, 0.5) is 0 Å². The van der Waals surface area contributed by atoms with Gasteiger partial charge in [-0.2, -0.15) is 0 Å². The first-order valence-corrected chi connectivity index (χ1v) is 7.10. The van der Waals surface area contributed by atoms with Crippen LogP contribution in [0.15, 0.2) is 48.1 Å². The molecule has 9 heteroatoms. The summed E-state index contributed by atoms with van der Waals surface area (Å²) in [5.74, 6) is -8.83. The zero-order chi connectivity index (χ0) is 19.6. The molecule has 1 aromatic rings. The number of Topliss-reactive ketones (excluding diaryl/α,β-unsaturated/α-hetero) is 1. The molecule has 0 amide bonds. The lowest BCUT2D eigenvalue weighted by molar-refractivity contribution is -0.160. The Balaban J connectivity index is 2.51. The molecule has 1 aliphatic rings. The first-order valence-electron chi connectivity index (χ1n) is 7.10. The van der Waals surface area contributed by atoms with E-state index in [2.05, 4.69) is 0 Å². The maximum absolute atomic E-state index is 12.5. The summed E-state index contributed by atoms with van der Waals surface area (Å²) in [6, 6.07) is 4.98. The van der Waals surface area contributed by atoms with Crippen molar-refractivity contribution in [2.45, 2.75) is 0 Å². The fourth-order valence-electron chi connectivity index (χ4n) is 2.57. The second-order valence-corrected chi connectivity index (χ2v) is 5.44. The predicted molar refractivity (Wildman–Crippen MR) is 83.8 cm³/mol. The van der Waals surface area contributed by atoms with Crippen LogP contribution in [0.5, 0.6) is 0 Å². The Labute approximate surface area is 145 Å². The number of hydrogen-bond donors (Lipinski definition) is 4. The number of rotatable bonds is 6. The van der Waals surface area contributed by atoms with Crippen molar-refractivity contribution in [3.05, 3.63) is 59.2 Å². The third-order valence-corrected chi connectivity index (χ3v) is 3.93. The van der Waals surface area contributed by atoms with Crippen LogP contribution in [0.3, 0.4) is 0 Å². The highest BCUT2D eigenvalue weighted by molar-refractivity contribution is 6.13. The number of aliphatic carboxylic acids is 3. The first-order chi connectivity index (χ1) is 12.1. The average Bonchev–Trinajstić information content (AvgIpc) is 2.59. The number of benzene rings is 1. The molecule has 0 fully saturated rings. The second kappa shape index (κ2) is 6.63. The van der Waals surface area contributed by atoms with E-state index in [1.165, 1.54) is 18.2 Å². The lowest BCUT2D eigenvalue weighted by Crippen LogP contribution is -2.44. The molecule has 134 valence electrons. The SMILES string of the molecule is O=C(O)C1=CC(C(=O)c2cccc(C(=O)O)c2)C=CC1(C(=O)O)C(=O)O. The van der Waals surface area contributed by atoms with E-state index in [9.17, 15) is 39.3 Å². The molecule has 9 nitrogen and oxygen atoms in total. The highest BCUT2D eigenvalue weighted by Crippen LogP contribution is 2.36. The zero-order valence-corrected chi connectivity index (χ0v) is 12.9. The molecule has 4 N–H and O–H groups in total. The van der Waals surface area contributed by atoms with Gasteiger partial charge in [0.1, 0.15) is 0 Å². The summed E-state index contributed by atoms with van der Waals surface area (Å²) in [6.45, 7) is 0. The molecule has 0 saturated heterocycles. The Morgan fingerprint density at radius 1 is 0.846 bits per heavy atom. The minimum absolute atomic E-state index is 0.0429. The minimum Gasteiger partial charge on any atom is -0.480 e. The van der Waals surface area contributed by atoms with Crippen LogP contribution in [0.25, 0.3) is 0 Å². The van der Waals surface area contributed by atoms with Crippen LogP contribution in [0, 0.1) is 11.3 Å². The van der Waals surface area contributed by atoms with E-state index in [0.29, 0.717) is 6.08 Å². The van der Waals surface area contributed by atoms with Crippen molar-refractivity contribution in [2.24, 2.45) is 11.3 Å². The van der Waals surface area contributed by atoms with Gasteiger partial charge in [0.05, 0.1) is 17.1 Å². The van der Waals surface area contributed by atoms with Gasteiger partial charge in [-0.1, -0.05) is 30.4 Å². The summed E-state index contributed by atoms with van der Waals surface area (Å²) in [4.78, 5) is 57.7. The summed E-state index contributed by atoms with van der Waals surface area (Å²) in [7, 11) is 0. The summed E-state index contributed by atoms with van der Waals surface area (Å²) in [5.41, 5.74) is -4.00. The number of carboxylic acid groups (broad SMARTS) is 4. The standard InChI is InChI=1S/C17H12O9/c18-12(8-2-1-3-10(6-8)13(19)20)9-4-5-17(15(23)24,16(25)26)11(7-9)14(21)22/h1-7,9H,(H,19,20)(H,21,22)(H,23,24)(H,25,26). The molecule has 1 aliphatic carbocycles. The molecular formula is C17H12O9. The van der Waals surface area contributed by atoms with Gasteiger partial charge in [0, 0.05) is 5.56 Å². The highest BCUT2D eigenvalue weighted by atomic mass is 16.4. The van der Waals surface area contributed by atoms with E-state index < -0.39 is 46.6 Å². The van der Waals surface area contributed by atoms with E-state index in [1.807, 2.05) is 0 Å². The van der Waals surface area contributed by atoms with Crippen LogP contribution in [-0.4, -0.2) is 50.1 Å². The molecular weight excluding hydrogens is 348 g/mol. The number of carboxylic acids is 4. The summed E-state index contributed by atoms with van der Waals surface area (Å²) in [6.07, 6.45) is 2.37. The largest absolute Gasteiger partial charge is 0.480 e. The van der Waals surface area contributed by atoms with E-state index in [-0.39, 0.29) is 11.1 Å². The summed E-state index contributed by atoms with van der Waals surface area (Å²) in [5, 5.41) is 36.7. The highest BCUT2D eigenvalue weighted by Gasteiger charge is 2.52. The zero-order valence-electron chi connectivity index (χ0n) is 12.9. The molecule has 2 rings (SSSR count). The van der Waals surface area contributed by atoms with E-state index in [0.717, 1.165) is 18.2 Å². The monoisotopic (exact) mass is 360 g/mol. The minimum atomic E-state index is -2.81. The maximum atomic E-state index is 12.5. The third kappa shape index (κ3) is 2.97. The van der Waals surface area contributed by atoms with Crippen LogP contribution < -0.4 is 0 Å². The van der Waals surface area contributed by atoms with Crippen molar-refractivity contribution in [1.29, 1.82) is 0 Å². The number of ketones is 1. The van der Waals surface area contributed by atoms with Gasteiger partial charge in [-0.3, -0.25) is 14.4 Å².